The molecule has 1 aromatic carbocycles. The number of rotatable bonds is 4. The van der Waals surface area contributed by atoms with Crippen molar-refractivity contribution in [3.8, 4) is 17.2 Å². The second kappa shape index (κ2) is 3.87. The fourth-order valence-electron chi connectivity index (χ4n) is 1.83. The lowest BCUT2D eigenvalue weighted by Gasteiger charge is -2.15. The van der Waals surface area contributed by atoms with Gasteiger partial charge in [-0.05, 0) is 18.9 Å². The first-order valence-corrected chi connectivity index (χ1v) is 5.24. The Hall–Kier alpha value is -1.42. The van der Waals surface area contributed by atoms with Crippen molar-refractivity contribution in [2.75, 3.05) is 14.2 Å². The summed E-state index contributed by atoms with van der Waals surface area (Å²) in [5.74, 6) is 1.19. The van der Waals surface area contributed by atoms with Gasteiger partial charge in [-0.15, -0.1) is 0 Å². The molecule has 1 saturated carbocycles. The van der Waals surface area contributed by atoms with Gasteiger partial charge in [0.2, 0.25) is 0 Å². The van der Waals surface area contributed by atoms with Gasteiger partial charge in [0.25, 0.3) is 0 Å². The van der Waals surface area contributed by atoms with Crippen molar-refractivity contribution in [2.45, 2.75) is 24.9 Å². The van der Waals surface area contributed by atoms with E-state index in [-0.39, 0.29) is 5.75 Å². The number of aromatic hydroxyl groups is 1. The van der Waals surface area contributed by atoms with E-state index in [9.17, 15) is 10.2 Å². The Morgan fingerprint density at radius 2 is 1.94 bits per heavy atom. The Morgan fingerprint density at radius 3 is 2.44 bits per heavy atom. The van der Waals surface area contributed by atoms with Crippen LogP contribution < -0.4 is 9.47 Å². The average Bonchev–Trinajstić information content (AvgIpc) is 2.95. The van der Waals surface area contributed by atoms with Gasteiger partial charge >= 0.3 is 0 Å². The van der Waals surface area contributed by atoms with Gasteiger partial charge in [-0.25, -0.2) is 0 Å². The third kappa shape index (κ3) is 2.07. The Morgan fingerprint density at radius 1 is 1.25 bits per heavy atom. The standard InChI is InChI=1S/C12H16O4/c1-15-10-6-9(13)5-8(11(10)16-2)7-12(14)3-4-12/h5-6,13-14H,3-4,7H2,1-2H3. The van der Waals surface area contributed by atoms with E-state index >= 15 is 0 Å². The third-order valence-electron chi connectivity index (χ3n) is 2.89. The molecule has 0 spiro atoms. The van der Waals surface area contributed by atoms with Crippen LogP contribution in [0.2, 0.25) is 0 Å². The van der Waals surface area contributed by atoms with Crippen LogP contribution in [0.25, 0.3) is 0 Å². The molecule has 88 valence electrons. The second-order valence-electron chi connectivity index (χ2n) is 4.24. The summed E-state index contributed by atoms with van der Waals surface area (Å²) in [6.07, 6.45) is 2.09. The van der Waals surface area contributed by atoms with Crippen molar-refractivity contribution in [3.05, 3.63) is 17.7 Å². The first-order chi connectivity index (χ1) is 7.58. The molecule has 0 atom stereocenters. The summed E-state index contributed by atoms with van der Waals surface area (Å²) in [5.41, 5.74) is 0.158. The number of methoxy groups -OCH3 is 2. The topological polar surface area (TPSA) is 58.9 Å². The smallest absolute Gasteiger partial charge is 0.164 e. The van der Waals surface area contributed by atoms with Gasteiger partial charge in [0, 0.05) is 18.1 Å². The number of phenolic OH excluding ortho intramolecular Hbond substituents is 1. The van der Waals surface area contributed by atoms with Crippen LogP contribution in [-0.4, -0.2) is 30.0 Å². The zero-order valence-electron chi connectivity index (χ0n) is 9.49. The molecule has 1 aliphatic carbocycles. The summed E-state index contributed by atoms with van der Waals surface area (Å²) >= 11 is 0. The molecule has 0 aromatic heterocycles. The highest BCUT2D eigenvalue weighted by Gasteiger charge is 2.41. The van der Waals surface area contributed by atoms with E-state index < -0.39 is 5.60 Å². The molecule has 1 aliphatic rings. The molecule has 0 heterocycles. The van der Waals surface area contributed by atoms with Crippen LogP contribution in [-0.2, 0) is 6.42 Å². The maximum absolute atomic E-state index is 9.88. The van der Waals surface area contributed by atoms with Crippen LogP contribution in [0.1, 0.15) is 18.4 Å². The van der Waals surface area contributed by atoms with Crippen LogP contribution in [0.5, 0.6) is 17.2 Å². The zero-order valence-corrected chi connectivity index (χ0v) is 9.49. The summed E-state index contributed by atoms with van der Waals surface area (Å²) < 4.78 is 10.4. The van der Waals surface area contributed by atoms with Crippen molar-refractivity contribution in [1.29, 1.82) is 0 Å². The predicted octanol–water partition coefficient (Wildman–Crippen LogP) is 1.48. The summed E-state index contributed by atoms with van der Waals surface area (Å²) in [6.45, 7) is 0. The molecule has 0 saturated heterocycles. The number of ether oxygens (including phenoxy) is 2. The number of hydrogen-bond acceptors (Lipinski definition) is 4. The summed E-state index contributed by atoms with van der Waals surface area (Å²) in [6, 6.07) is 3.11. The average molecular weight is 224 g/mol. The van der Waals surface area contributed by atoms with Crippen LogP contribution in [0.3, 0.4) is 0 Å². The summed E-state index contributed by atoms with van der Waals surface area (Å²) in [5, 5.41) is 19.4. The number of hydrogen-bond donors (Lipinski definition) is 2. The first kappa shape index (κ1) is 11.1. The molecule has 1 aromatic rings. The van der Waals surface area contributed by atoms with E-state index in [1.807, 2.05) is 0 Å². The van der Waals surface area contributed by atoms with Gasteiger partial charge in [-0.1, -0.05) is 0 Å². The summed E-state index contributed by atoms with van der Waals surface area (Å²) in [4.78, 5) is 0. The molecule has 16 heavy (non-hydrogen) atoms. The molecular formula is C12H16O4. The Kier molecular flexibility index (Phi) is 2.68. The van der Waals surface area contributed by atoms with Gasteiger partial charge in [-0.3, -0.25) is 0 Å². The Bertz CT molecular complexity index is 396. The lowest BCUT2D eigenvalue weighted by atomic mass is 10.0. The summed E-state index contributed by atoms with van der Waals surface area (Å²) in [7, 11) is 3.07. The zero-order chi connectivity index (χ0) is 11.8. The van der Waals surface area contributed by atoms with Gasteiger partial charge in [-0.2, -0.15) is 0 Å². The Balaban J connectivity index is 2.37. The SMILES string of the molecule is COc1cc(O)cc(CC2(O)CC2)c1OC. The fraction of sp³-hybridized carbons (Fsp3) is 0.500. The largest absolute Gasteiger partial charge is 0.508 e. The molecule has 0 bridgehead atoms. The highest BCUT2D eigenvalue weighted by Crippen LogP contribution is 2.43. The van der Waals surface area contributed by atoms with Crippen LogP contribution in [0, 0.1) is 0 Å². The van der Waals surface area contributed by atoms with Crippen molar-refractivity contribution in [2.24, 2.45) is 0 Å². The number of aliphatic hydroxyl groups is 1. The van der Waals surface area contributed by atoms with Gasteiger partial charge in [0.15, 0.2) is 11.5 Å². The third-order valence-corrected chi connectivity index (χ3v) is 2.89. The molecule has 0 unspecified atom stereocenters. The quantitative estimate of drug-likeness (QED) is 0.813. The molecule has 2 rings (SSSR count). The lowest BCUT2D eigenvalue weighted by molar-refractivity contribution is 0.149. The van der Waals surface area contributed by atoms with Gasteiger partial charge in [0.05, 0.1) is 19.8 Å². The molecule has 1 fully saturated rings. The van der Waals surface area contributed by atoms with Crippen molar-refractivity contribution in [1.82, 2.24) is 0 Å². The van der Waals surface area contributed by atoms with Gasteiger partial charge < -0.3 is 19.7 Å². The first-order valence-electron chi connectivity index (χ1n) is 5.24. The lowest BCUT2D eigenvalue weighted by Crippen LogP contribution is -2.11. The van der Waals surface area contributed by atoms with E-state index in [0.29, 0.717) is 17.9 Å². The van der Waals surface area contributed by atoms with E-state index in [4.69, 9.17) is 9.47 Å². The molecule has 2 N–H and O–H groups in total. The van der Waals surface area contributed by atoms with E-state index in [2.05, 4.69) is 0 Å². The molecule has 4 heteroatoms. The molecular weight excluding hydrogens is 208 g/mol. The highest BCUT2D eigenvalue weighted by molar-refractivity contribution is 5.52. The molecule has 0 radical (unpaired) electrons. The Labute approximate surface area is 94.4 Å². The van der Waals surface area contributed by atoms with Crippen molar-refractivity contribution < 1.29 is 19.7 Å². The van der Waals surface area contributed by atoms with E-state index in [1.165, 1.54) is 13.2 Å². The minimum absolute atomic E-state index is 0.122. The predicted molar refractivity (Wildman–Crippen MR) is 59.1 cm³/mol. The van der Waals surface area contributed by atoms with Crippen LogP contribution in [0.4, 0.5) is 0 Å². The normalized spacial score (nSPS) is 16.9. The highest BCUT2D eigenvalue weighted by atomic mass is 16.5. The minimum atomic E-state index is -0.619. The van der Waals surface area contributed by atoms with E-state index in [0.717, 1.165) is 18.4 Å². The van der Waals surface area contributed by atoms with Crippen LogP contribution >= 0.6 is 0 Å². The monoisotopic (exact) mass is 224 g/mol. The number of benzene rings is 1. The maximum Gasteiger partial charge on any atom is 0.164 e. The van der Waals surface area contributed by atoms with E-state index in [1.54, 1.807) is 13.2 Å². The molecule has 0 amide bonds. The fourth-order valence-corrected chi connectivity index (χ4v) is 1.83. The van der Waals surface area contributed by atoms with Crippen LogP contribution in [0.15, 0.2) is 12.1 Å². The molecule has 0 aliphatic heterocycles. The molecule has 4 nitrogen and oxygen atoms in total. The maximum atomic E-state index is 9.88. The second-order valence-corrected chi connectivity index (χ2v) is 4.24. The van der Waals surface area contributed by atoms with Gasteiger partial charge in [0.1, 0.15) is 5.75 Å². The number of phenols is 1. The van der Waals surface area contributed by atoms with Crippen molar-refractivity contribution in [3.63, 3.8) is 0 Å². The van der Waals surface area contributed by atoms with Crippen molar-refractivity contribution >= 4 is 0 Å². The minimum Gasteiger partial charge on any atom is -0.508 e.